The lowest BCUT2D eigenvalue weighted by Gasteiger charge is -2.00. The van der Waals surface area contributed by atoms with Crippen LogP contribution in [0.15, 0.2) is 23.1 Å². The van der Waals surface area contributed by atoms with Crippen LogP contribution in [-0.2, 0) is 10.1 Å². The van der Waals surface area contributed by atoms with Crippen molar-refractivity contribution >= 4 is 28.0 Å². The van der Waals surface area contributed by atoms with Crippen LogP contribution in [0.3, 0.4) is 0 Å². The first-order chi connectivity index (χ1) is 5.95. The number of carbonyl (C=O) groups is 1. The molecule has 0 aliphatic rings. The summed E-state index contributed by atoms with van der Waals surface area (Å²) < 4.78 is 30.1. The molecule has 4 nitrogen and oxygen atoms in total. The number of aldehydes is 1. The average molecular weight is 221 g/mol. The molecule has 0 saturated heterocycles. The SMILES string of the molecule is O=Cc1ccc(Cl)cc1S(=O)(=O)O. The van der Waals surface area contributed by atoms with Crippen molar-refractivity contribution < 1.29 is 17.8 Å². The molecule has 1 rings (SSSR count). The van der Waals surface area contributed by atoms with E-state index in [1.165, 1.54) is 12.1 Å². The van der Waals surface area contributed by atoms with Crippen molar-refractivity contribution in [3.05, 3.63) is 28.8 Å². The van der Waals surface area contributed by atoms with Gasteiger partial charge in [0.25, 0.3) is 10.1 Å². The van der Waals surface area contributed by atoms with Crippen LogP contribution >= 0.6 is 11.6 Å². The summed E-state index contributed by atoms with van der Waals surface area (Å²) in [4.78, 5) is 9.89. The predicted octanol–water partition coefficient (Wildman–Crippen LogP) is 1.40. The number of benzene rings is 1. The maximum Gasteiger partial charge on any atom is 0.295 e. The number of halogens is 1. The van der Waals surface area contributed by atoms with Crippen molar-refractivity contribution in [1.29, 1.82) is 0 Å². The van der Waals surface area contributed by atoms with E-state index in [1.807, 2.05) is 0 Å². The fourth-order valence-corrected chi connectivity index (χ4v) is 1.76. The van der Waals surface area contributed by atoms with Crippen LogP contribution in [-0.4, -0.2) is 19.3 Å². The Morgan fingerprint density at radius 1 is 1.38 bits per heavy atom. The summed E-state index contributed by atoms with van der Waals surface area (Å²) in [6.45, 7) is 0. The lowest BCUT2D eigenvalue weighted by Crippen LogP contribution is -2.02. The minimum atomic E-state index is -4.38. The highest BCUT2D eigenvalue weighted by molar-refractivity contribution is 7.86. The molecular weight excluding hydrogens is 216 g/mol. The quantitative estimate of drug-likeness (QED) is 0.604. The molecule has 0 spiro atoms. The van der Waals surface area contributed by atoms with Gasteiger partial charge in [0.1, 0.15) is 4.90 Å². The van der Waals surface area contributed by atoms with Crippen LogP contribution in [0.2, 0.25) is 5.02 Å². The van der Waals surface area contributed by atoms with E-state index in [0.29, 0.717) is 6.29 Å². The molecule has 0 aromatic heterocycles. The van der Waals surface area contributed by atoms with E-state index >= 15 is 0 Å². The Labute approximate surface area is 79.9 Å². The standard InChI is InChI=1S/C7H5ClO4S/c8-6-2-1-5(4-9)7(3-6)13(10,11)12/h1-4H,(H,10,11,12). The molecular formula is C7H5ClO4S. The molecule has 1 aromatic rings. The zero-order chi connectivity index (χ0) is 10.1. The highest BCUT2D eigenvalue weighted by Gasteiger charge is 2.15. The lowest BCUT2D eigenvalue weighted by atomic mass is 10.2. The average Bonchev–Trinajstić information content (AvgIpc) is 2.03. The van der Waals surface area contributed by atoms with Gasteiger partial charge >= 0.3 is 0 Å². The molecule has 0 atom stereocenters. The Morgan fingerprint density at radius 2 is 2.00 bits per heavy atom. The van der Waals surface area contributed by atoms with Crippen molar-refractivity contribution in [2.75, 3.05) is 0 Å². The minimum Gasteiger partial charge on any atom is -0.298 e. The number of hydrogen-bond donors (Lipinski definition) is 1. The number of rotatable bonds is 2. The third kappa shape index (κ3) is 2.27. The fraction of sp³-hybridized carbons (Fsp3) is 0. The van der Waals surface area contributed by atoms with Gasteiger partial charge in [-0.15, -0.1) is 0 Å². The first kappa shape index (κ1) is 10.2. The summed E-state index contributed by atoms with van der Waals surface area (Å²) in [6, 6.07) is 3.60. The van der Waals surface area contributed by atoms with Gasteiger partial charge in [-0.1, -0.05) is 11.6 Å². The van der Waals surface area contributed by atoms with Gasteiger partial charge in [-0.2, -0.15) is 8.42 Å². The van der Waals surface area contributed by atoms with Gasteiger partial charge in [0, 0.05) is 10.6 Å². The third-order valence-corrected chi connectivity index (χ3v) is 2.52. The van der Waals surface area contributed by atoms with Gasteiger partial charge in [0.05, 0.1) is 0 Å². The second-order valence-electron chi connectivity index (χ2n) is 2.28. The fourth-order valence-electron chi connectivity index (χ4n) is 0.829. The Hall–Kier alpha value is -0.910. The molecule has 1 aromatic carbocycles. The first-order valence-corrected chi connectivity index (χ1v) is 4.99. The molecule has 1 N–H and O–H groups in total. The van der Waals surface area contributed by atoms with Crippen molar-refractivity contribution in [2.45, 2.75) is 4.90 Å². The van der Waals surface area contributed by atoms with E-state index in [2.05, 4.69) is 0 Å². The monoisotopic (exact) mass is 220 g/mol. The maximum atomic E-state index is 10.7. The highest BCUT2D eigenvalue weighted by atomic mass is 35.5. The van der Waals surface area contributed by atoms with Crippen LogP contribution in [0.1, 0.15) is 10.4 Å². The van der Waals surface area contributed by atoms with E-state index in [-0.39, 0.29) is 10.6 Å². The predicted molar refractivity (Wildman–Crippen MR) is 46.7 cm³/mol. The molecule has 0 saturated carbocycles. The van der Waals surface area contributed by atoms with E-state index in [4.69, 9.17) is 16.2 Å². The first-order valence-electron chi connectivity index (χ1n) is 3.17. The van der Waals surface area contributed by atoms with Crippen LogP contribution in [0.5, 0.6) is 0 Å². The lowest BCUT2D eigenvalue weighted by molar-refractivity contribution is 0.112. The molecule has 13 heavy (non-hydrogen) atoms. The molecule has 0 bridgehead atoms. The van der Waals surface area contributed by atoms with Crippen LogP contribution < -0.4 is 0 Å². The third-order valence-electron chi connectivity index (χ3n) is 1.38. The summed E-state index contributed by atoms with van der Waals surface area (Å²) in [5.41, 5.74) is -0.119. The zero-order valence-corrected chi connectivity index (χ0v) is 7.84. The Morgan fingerprint density at radius 3 is 2.46 bits per heavy atom. The summed E-state index contributed by atoms with van der Waals surface area (Å²) >= 11 is 5.49. The van der Waals surface area contributed by atoms with Gasteiger partial charge in [0.2, 0.25) is 0 Å². The maximum absolute atomic E-state index is 10.7. The van der Waals surface area contributed by atoms with Gasteiger partial charge in [-0.3, -0.25) is 9.35 Å². The van der Waals surface area contributed by atoms with Gasteiger partial charge < -0.3 is 0 Å². The Balaban J connectivity index is 3.50. The van der Waals surface area contributed by atoms with E-state index in [1.54, 1.807) is 0 Å². The van der Waals surface area contributed by atoms with Crippen molar-refractivity contribution in [3.8, 4) is 0 Å². The zero-order valence-electron chi connectivity index (χ0n) is 6.27. The summed E-state index contributed by atoms with van der Waals surface area (Å²) in [6.07, 6.45) is 0.333. The minimum absolute atomic E-state index is 0.119. The van der Waals surface area contributed by atoms with Crippen LogP contribution in [0, 0.1) is 0 Å². The Kier molecular flexibility index (Phi) is 2.70. The molecule has 0 amide bonds. The Bertz CT molecular complexity index is 438. The highest BCUT2D eigenvalue weighted by Crippen LogP contribution is 2.18. The van der Waals surface area contributed by atoms with Crippen molar-refractivity contribution in [3.63, 3.8) is 0 Å². The molecule has 6 heteroatoms. The molecule has 0 radical (unpaired) electrons. The van der Waals surface area contributed by atoms with E-state index < -0.39 is 15.0 Å². The number of hydrogen-bond acceptors (Lipinski definition) is 3. The molecule has 0 fully saturated rings. The smallest absolute Gasteiger partial charge is 0.295 e. The summed E-state index contributed by atoms with van der Waals surface area (Å²) in [5.74, 6) is 0. The summed E-state index contributed by atoms with van der Waals surface area (Å²) in [5, 5.41) is 0.137. The van der Waals surface area contributed by atoms with Crippen molar-refractivity contribution in [1.82, 2.24) is 0 Å². The largest absolute Gasteiger partial charge is 0.298 e. The van der Waals surface area contributed by atoms with E-state index in [9.17, 15) is 13.2 Å². The van der Waals surface area contributed by atoms with E-state index in [0.717, 1.165) is 6.07 Å². The molecule has 0 aliphatic heterocycles. The van der Waals surface area contributed by atoms with Gasteiger partial charge in [-0.25, -0.2) is 0 Å². The normalized spacial score (nSPS) is 11.2. The van der Waals surface area contributed by atoms with Crippen LogP contribution in [0.4, 0.5) is 0 Å². The van der Waals surface area contributed by atoms with Gasteiger partial charge in [-0.05, 0) is 18.2 Å². The molecule has 70 valence electrons. The second kappa shape index (κ2) is 3.45. The van der Waals surface area contributed by atoms with Crippen LogP contribution in [0.25, 0.3) is 0 Å². The van der Waals surface area contributed by atoms with Gasteiger partial charge in [0.15, 0.2) is 6.29 Å². The second-order valence-corrected chi connectivity index (χ2v) is 4.10. The topological polar surface area (TPSA) is 71.4 Å². The summed E-state index contributed by atoms with van der Waals surface area (Å²) in [7, 11) is -4.38. The molecule has 0 unspecified atom stereocenters. The molecule has 0 aliphatic carbocycles. The van der Waals surface area contributed by atoms with Crippen molar-refractivity contribution in [2.24, 2.45) is 0 Å². The molecule has 0 heterocycles. The number of carbonyl (C=O) groups excluding carboxylic acids is 1.